The average molecular weight is 360 g/mol. The van der Waals surface area contributed by atoms with Crippen LogP contribution in [-0.2, 0) is 0 Å². The molecular weight excluding hydrogens is 330 g/mol. The van der Waals surface area contributed by atoms with Gasteiger partial charge in [0.05, 0.1) is 6.21 Å². The largest absolute Gasteiger partial charge is 0.375 e. The monoisotopic (exact) mass is 359 g/mol. The molecule has 3 N–H and O–H groups in total. The summed E-state index contributed by atoms with van der Waals surface area (Å²) in [4.78, 5) is 5.14. The molecule has 1 saturated heterocycles. The Balaban J connectivity index is 1.45. The summed E-state index contributed by atoms with van der Waals surface area (Å²) >= 11 is 4.72. The molecule has 1 aliphatic heterocycles. The zero-order chi connectivity index (χ0) is 17.5. The van der Waals surface area contributed by atoms with Crippen LogP contribution in [0, 0.1) is 5.92 Å². The molecule has 3 rings (SSSR count). The zero-order valence-electron chi connectivity index (χ0n) is 14.9. The minimum absolute atomic E-state index is 0.180. The molecule has 0 amide bonds. The van der Waals surface area contributed by atoms with E-state index in [2.05, 4.69) is 44.6 Å². The average Bonchev–Trinajstić information content (AvgIpc) is 2.64. The Hall–Kier alpha value is -1.66. The van der Waals surface area contributed by atoms with E-state index in [0.717, 1.165) is 24.6 Å². The molecule has 136 valence electrons. The number of rotatable bonds is 5. The van der Waals surface area contributed by atoms with Gasteiger partial charge >= 0.3 is 0 Å². The lowest BCUT2D eigenvalue weighted by molar-refractivity contribution is 0.192. The van der Waals surface area contributed by atoms with Gasteiger partial charge in [-0.05, 0) is 48.7 Å². The first-order valence-electron chi connectivity index (χ1n) is 9.36. The van der Waals surface area contributed by atoms with E-state index in [1.54, 1.807) is 6.21 Å². The summed E-state index contributed by atoms with van der Waals surface area (Å²) in [6.07, 6.45) is 8.92. The summed E-state index contributed by atoms with van der Waals surface area (Å²) in [7, 11) is 0. The third-order valence-electron chi connectivity index (χ3n) is 5.26. The van der Waals surface area contributed by atoms with Crippen LogP contribution in [0.3, 0.4) is 0 Å². The molecule has 1 aromatic rings. The third kappa shape index (κ3) is 5.68. The van der Waals surface area contributed by atoms with Crippen LogP contribution in [0.1, 0.15) is 37.7 Å². The molecule has 2 aliphatic rings. The molecular formula is C19H29N5S. The van der Waals surface area contributed by atoms with Crippen molar-refractivity contribution in [2.24, 2.45) is 16.8 Å². The molecule has 0 aromatic heterocycles. The smallest absolute Gasteiger partial charge is 0.184 e. The Morgan fingerprint density at radius 1 is 1.12 bits per heavy atom. The highest BCUT2D eigenvalue weighted by molar-refractivity contribution is 7.80. The summed E-state index contributed by atoms with van der Waals surface area (Å²) in [5.41, 5.74) is 10.2. The Morgan fingerprint density at radius 3 is 2.44 bits per heavy atom. The van der Waals surface area contributed by atoms with Gasteiger partial charge in [0.15, 0.2) is 5.11 Å². The first kappa shape index (κ1) is 18.1. The first-order chi connectivity index (χ1) is 12.2. The van der Waals surface area contributed by atoms with Crippen molar-refractivity contribution in [3.63, 3.8) is 0 Å². The van der Waals surface area contributed by atoms with E-state index < -0.39 is 0 Å². The second-order valence-corrected chi connectivity index (χ2v) is 7.56. The van der Waals surface area contributed by atoms with Crippen LogP contribution in [0.15, 0.2) is 29.4 Å². The van der Waals surface area contributed by atoms with E-state index in [9.17, 15) is 0 Å². The van der Waals surface area contributed by atoms with Gasteiger partial charge in [-0.25, -0.2) is 0 Å². The van der Waals surface area contributed by atoms with Crippen LogP contribution in [-0.4, -0.2) is 49.0 Å². The fourth-order valence-corrected chi connectivity index (χ4v) is 3.92. The number of piperazine rings is 1. The minimum atomic E-state index is 0.180. The number of nitrogens with one attached hydrogen (secondary N) is 1. The maximum absolute atomic E-state index is 5.34. The van der Waals surface area contributed by atoms with Crippen molar-refractivity contribution < 1.29 is 0 Å². The predicted octanol–water partition coefficient (Wildman–Crippen LogP) is 2.56. The van der Waals surface area contributed by atoms with Crippen molar-refractivity contribution in [2.45, 2.75) is 32.1 Å². The van der Waals surface area contributed by atoms with E-state index in [0.29, 0.717) is 0 Å². The van der Waals surface area contributed by atoms with E-state index in [-0.39, 0.29) is 5.11 Å². The molecule has 2 fully saturated rings. The molecule has 1 aliphatic carbocycles. The standard InChI is InChI=1S/C19H29N5S/c20-19(25)22-21-14-16-6-8-18(9-7-16)24-12-10-23(11-13-24)15-17-4-2-1-3-5-17/h6-9,14,17H,1-5,10-13,15H2,(H3,20,22,25)/b21-14+. The molecule has 1 aromatic carbocycles. The molecule has 25 heavy (non-hydrogen) atoms. The Bertz CT molecular complexity index is 572. The number of hydrazone groups is 1. The lowest BCUT2D eigenvalue weighted by Gasteiger charge is -2.38. The Morgan fingerprint density at radius 2 is 1.80 bits per heavy atom. The quantitative estimate of drug-likeness (QED) is 0.481. The highest BCUT2D eigenvalue weighted by Crippen LogP contribution is 2.25. The second-order valence-electron chi connectivity index (χ2n) is 7.12. The number of nitrogens with zero attached hydrogens (tertiary/aromatic N) is 3. The van der Waals surface area contributed by atoms with Gasteiger partial charge in [0.25, 0.3) is 0 Å². The summed E-state index contributed by atoms with van der Waals surface area (Å²) in [6, 6.07) is 8.49. The van der Waals surface area contributed by atoms with Crippen molar-refractivity contribution in [2.75, 3.05) is 37.6 Å². The van der Waals surface area contributed by atoms with Gasteiger partial charge in [0.2, 0.25) is 0 Å². The van der Waals surface area contributed by atoms with E-state index in [4.69, 9.17) is 18.0 Å². The summed E-state index contributed by atoms with van der Waals surface area (Å²) in [5.74, 6) is 0.939. The van der Waals surface area contributed by atoms with Gasteiger partial charge in [0, 0.05) is 38.4 Å². The number of benzene rings is 1. The highest BCUT2D eigenvalue weighted by Gasteiger charge is 2.21. The van der Waals surface area contributed by atoms with Gasteiger partial charge in [-0.1, -0.05) is 31.4 Å². The number of nitrogens with two attached hydrogens (primary N) is 1. The van der Waals surface area contributed by atoms with Gasteiger partial charge in [-0.3, -0.25) is 10.3 Å². The van der Waals surface area contributed by atoms with Crippen LogP contribution in [0.25, 0.3) is 0 Å². The third-order valence-corrected chi connectivity index (χ3v) is 5.35. The number of anilines is 1. The summed E-state index contributed by atoms with van der Waals surface area (Å²) < 4.78 is 0. The molecule has 0 radical (unpaired) electrons. The molecule has 6 heteroatoms. The molecule has 5 nitrogen and oxygen atoms in total. The molecule has 0 bridgehead atoms. The van der Waals surface area contributed by atoms with Crippen LogP contribution < -0.4 is 16.1 Å². The lowest BCUT2D eigenvalue weighted by atomic mass is 9.89. The number of thiocarbonyl (C=S) groups is 1. The number of hydrogen-bond acceptors (Lipinski definition) is 4. The predicted molar refractivity (Wildman–Crippen MR) is 109 cm³/mol. The van der Waals surface area contributed by atoms with Crippen LogP contribution >= 0.6 is 12.2 Å². The van der Waals surface area contributed by atoms with Crippen LogP contribution in [0.2, 0.25) is 0 Å². The minimum Gasteiger partial charge on any atom is -0.375 e. The first-order valence-corrected chi connectivity index (χ1v) is 9.77. The Kier molecular flexibility index (Phi) is 6.64. The van der Waals surface area contributed by atoms with E-state index in [1.165, 1.54) is 57.4 Å². The summed E-state index contributed by atoms with van der Waals surface area (Å²) in [6.45, 7) is 5.89. The maximum Gasteiger partial charge on any atom is 0.184 e. The normalized spacial score (nSPS) is 20.1. The van der Waals surface area contributed by atoms with Gasteiger partial charge < -0.3 is 10.6 Å². The molecule has 0 spiro atoms. The van der Waals surface area contributed by atoms with Crippen molar-refractivity contribution >= 4 is 29.2 Å². The molecule has 1 heterocycles. The Labute approximate surface area is 156 Å². The topological polar surface area (TPSA) is 56.9 Å². The highest BCUT2D eigenvalue weighted by atomic mass is 32.1. The van der Waals surface area contributed by atoms with Crippen LogP contribution in [0.5, 0.6) is 0 Å². The fraction of sp³-hybridized carbons (Fsp3) is 0.579. The summed E-state index contributed by atoms with van der Waals surface area (Å²) in [5, 5.41) is 4.17. The number of hydrogen-bond donors (Lipinski definition) is 2. The van der Waals surface area contributed by atoms with Crippen molar-refractivity contribution in [1.29, 1.82) is 0 Å². The SMILES string of the molecule is NC(=S)N/N=C/c1ccc(N2CCN(CC3CCCCC3)CC2)cc1. The lowest BCUT2D eigenvalue weighted by Crippen LogP contribution is -2.48. The van der Waals surface area contributed by atoms with Crippen LogP contribution in [0.4, 0.5) is 5.69 Å². The van der Waals surface area contributed by atoms with E-state index >= 15 is 0 Å². The molecule has 1 saturated carbocycles. The van der Waals surface area contributed by atoms with Crippen molar-refractivity contribution in [1.82, 2.24) is 10.3 Å². The van der Waals surface area contributed by atoms with Gasteiger partial charge in [-0.15, -0.1) is 0 Å². The van der Waals surface area contributed by atoms with Crippen molar-refractivity contribution in [3.05, 3.63) is 29.8 Å². The molecule has 0 atom stereocenters. The van der Waals surface area contributed by atoms with Gasteiger partial charge in [-0.2, -0.15) is 5.10 Å². The maximum atomic E-state index is 5.34. The second kappa shape index (κ2) is 9.15. The van der Waals surface area contributed by atoms with Crippen molar-refractivity contribution in [3.8, 4) is 0 Å². The van der Waals surface area contributed by atoms with Gasteiger partial charge in [0.1, 0.15) is 0 Å². The molecule has 0 unspecified atom stereocenters. The zero-order valence-corrected chi connectivity index (χ0v) is 15.7. The fourth-order valence-electron chi connectivity index (χ4n) is 3.87. The van der Waals surface area contributed by atoms with E-state index in [1.807, 2.05) is 0 Å².